The normalized spacial score (nSPS) is 12.2. The molecule has 0 saturated carbocycles. The Bertz CT molecular complexity index is 1150. The lowest BCUT2D eigenvalue weighted by Crippen LogP contribution is -2.44. The minimum absolute atomic E-state index is 0.0736. The molecule has 0 bridgehead atoms. The van der Waals surface area contributed by atoms with E-state index in [1.165, 1.54) is 4.57 Å². The van der Waals surface area contributed by atoms with Gasteiger partial charge in [-0.25, -0.2) is 9.78 Å². The van der Waals surface area contributed by atoms with E-state index in [-0.39, 0.29) is 13.2 Å². The Morgan fingerprint density at radius 2 is 1.73 bits per heavy atom. The maximum atomic E-state index is 13.2. The summed E-state index contributed by atoms with van der Waals surface area (Å²) in [7, 11) is 1.58. The van der Waals surface area contributed by atoms with Crippen molar-refractivity contribution >= 4 is 11.2 Å². The van der Waals surface area contributed by atoms with E-state index < -0.39 is 17.4 Å². The van der Waals surface area contributed by atoms with Crippen molar-refractivity contribution in [3.8, 4) is 11.5 Å². The quantitative estimate of drug-likeness (QED) is 0.413. The van der Waals surface area contributed by atoms with Gasteiger partial charge in [0.1, 0.15) is 24.2 Å². The number of nitrogens with zero attached hydrogens (tertiary/aromatic N) is 4. The van der Waals surface area contributed by atoms with Crippen molar-refractivity contribution in [3.63, 3.8) is 0 Å². The number of aliphatic hydroxyl groups excluding tert-OH is 1. The number of fused-ring (bicyclic) bond motifs is 1. The number of aromatic nitrogens is 4. The number of hydrogen-bond donors (Lipinski definition) is 1. The van der Waals surface area contributed by atoms with E-state index in [0.29, 0.717) is 43.2 Å². The summed E-state index contributed by atoms with van der Waals surface area (Å²) in [5.74, 6) is 1.28. The second-order valence-corrected chi connectivity index (χ2v) is 7.68. The minimum Gasteiger partial charge on any atom is -0.494 e. The summed E-state index contributed by atoms with van der Waals surface area (Å²) in [6.07, 6.45) is 2.13. The zero-order chi connectivity index (χ0) is 23.8. The molecule has 180 valence electrons. The summed E-state index contributed by atoms with van der Waals surface area (Å²) in [6.45, 7) is 5.50. The van der Waals surface area contributed by atoms with E-state index in [1.54, 1.807) is 42.3 Å². The largest absolute Gasteiger partial charge is 0.494 e. The fourth-order valence-corrected chi connectivity index (χ4v) is 3.53. The molecule has 0 spiro atoms. The summed E-state index contributed by atoms with van der Waals surface area (Å²) in [5.41, 5.74) is -0.303. The van der Waals surface area contributed by atoms with Crippen LogP contribution in [0.1, 0.15) is 26.7 Å². The van der Waals surface area contributed by atoms with Gasteiger partial charge in [0.2, 0.25) is 0 Å². The summed E-state index contributed by atoms with van der Waals surface area (Å²) < 4.78 is 20.4. The van der Waals surface area contributed by atoms with E-state index >= 15 is 0 Å². The Hall–Kier alpha value is -3.11. The first-order valence-corrected chi connectivity index (χ1v) is 11.2. The molecule has 0 aliphatic rings. The third-order valence-electron chi connectivity index (χ3n) is 5.23. The molecule has 0 aliphatic carbocycles. The van der Waals surface area contributed by atoms with Gasteiger partial charge in [-0.15, -0.1) is 0 Å². The highest BCUT2D eigenvalue weighted by Gasteiger charge is 2.20. The monoisotopic (exact) mass is 460 g/mol. The SMILES string of the molecule is CCCCn1c(=O)n(C[C@H](O)COc2ccc(OCC)cc2)c(=O)c2c1ncn2CCOC. The predicted octanol–water partition coefficient (Wildman–Crippen LogP) is 1.64. The number of methoxy groups -OCH3 is 1. The molecule has 1 N–H and O–H groups in total. The lowest BCUT2D eigenvalue weighted by molar-refractivity contribution is 0.0901. The first-order chi connectivity index (χ1) is 16.0. The van der Waals surface area contributed by atoms with Gasteiger partial charge in [0.15, 0.2) is 11.2 Å². The van der Waals surface area contributed by atoms with Gasteiger partial charge in [0.25, 0.3) is 5.56 Å². The third kappa shape index (κ3) is 5.82. The second-order valence-electron chi connectivity index (χ2n) is 7.68. The number of aliphatic hydroxyl groups is 1. The van der Waals surface area contributed by atoms with Crippen LogP contribution >= 0.6 is 0 Å². The maximum Gasteiger partial charge on any atom is 0.332 e. The lowest BCUT2D eigenvalue weighted by Gasteiger charge is -2.16. The van der Waals surface area contributed by atoms with Crippen LogP contribution in [0, 0.1) is 0 Å². The maximum absolute atomic E-state index is 13.2. The van der Waals surface area contributed by atoms with Crippen LogP contribution in [0.5, 0.6) is 11.5 Å². The summed E-state index contributed by atoms with van der Waals surface area (Å²) in [5, 5.41) is 10.6. The van der Waals surface area contributed by atoms with Gasteiger partial charge < -0.3 is 23.9 Å². The second kappa shape index (κ2) is 11.7. The lowest BCUT2D eigenvalue weighted by atomic mass is 10.3. The average Bonchev–Trinajstić information content (AvgIpc) is 3.24. The van der Waals surface area contributed by atoms with Gasteiger partial charge in [-0.2, -0.15) is 0 Å². The molecule has 10 heteroatoms. The fourth-order valence-electron chi connectivity index (χ4n) is 3.53. The molecule has 0 radical (unpaired) electrons. The molecular weight excluding hydrogens is 428 g/mol. The number of aryl methyl sites for hydroxylation is 1. The van der Waals surface area contributed by atoms with E-state index in [1.807, 2.05) is 13.8 Å². The molecule has 3 aromatic rings. The van der Waals surface area contributed by atoms with Gasteiger partial charge in [0, 0.05) is 20.2 Å². The van der Waals surface area contributed by atoms with Crippen LogP contribution in [0.4, 0.5) is 0 Å². The van der Waals surface area contributed by atoms with Crippen LogP contribution in [0.3, 0.4) is 0 Å². The van der Waals surface area contributed by atoms with Crippen LogP contribution in [0.2, 0.25) is 0 Å². The first kappa shape index (κ1) is 24.5. The Morgan fingerprint density at radius 1 is 1.03 bits per heavy atom. The number of ether oxygens (including phenoxy) is 3. The number of unbranched alkanes of at least 4 members (excludes halogenated alkanes) is 1. The minimum atomic E-state index is -1.06. The molecule has 0 unspecified atom stereocenters. The van der Waals surface area contributed by atoms with E-state index in [2.05, 4.69) is 4.98 Å². The Labute approximate surface area is 192 Å². The summed E-state index contributed by atoms with van der Waals surface area (Å²) in [4.78, 5) is 30.7. The molecule has 1 aromatic carbocycles. The Morgan fingerprint density at radius 3 is 2.36 bits per heavy atom. The Balaban J connectivity index is 1.84. The van der Waals surface area contributed by atoms with E-state index in [9.17, 15) is 14.7 Å². The van der Waals surface area contributed by atoms with Crippen molar-refractivity contribution in [1.29, 1.82) is 0 Å². The van der Waals surface area contributed by atoms with Gasteiger partial charge in [-0.1, -0.05) is 13.3 Å². The number of imidazole rings is 1. The molecule has 0 fully saturated rings. The molecule has 0 aliphatic heterocycles. The average molecular weight is 461 g/mol. The molecular formula is C23H32N4O6. The molecule has 2 aromatic heterocycles. The summed E-state index contributed by atoms with van der Waals surface area (Å²) >= 11 is 0. The van der Waals surface area contributed by atoms with Crippen molar-refractivity contribution < 1.29 is 19.3 Å². The van der Waals surface area contributed by atoms with Crippen molar-refractivity contribution in [2.24, 2.45) is 0 Å². The first-order valence-electron chi connectivity index (χ1n) is 11.2. The third-order valence-corrected chi connectivity index (χ3v) is 5.23. The van der Waals surface area contributed by atoms with Crippen molar-refractivity contribution in [1.82, 2.24) is 18.7 Å². The molecule has 0 amide bonds. The molecule has 10 nitrogen and oxygen atoms in total. The van der Waals surface area contributed by atoms with Crippen LogP contribution in [-0.2, 0) is 24.4 Å². The van der Waals surface area contributed by atoms with Crippen LogP contribution in [0.25, 0.3) is 11.2 Å². The Kier molecular flexibility index (Phi) is 8.67. The van der Waals surface area contributed by atoms with Gasteiger partial charge in [-0.05, 0) is 37.6 Å². The molecule has 33 heavy (non-hydrogen) atoms. The van der Waals surface area contributed by atoms with E-state index in [0.717, 1.165) is 23.2 Å². The number of rotatable bonds is 13. The smallest absolute Gasteiger partial charge is 0.332 e. The molecule has 2 heterocycles. The standard InChI is InChI=1S/C23H32N4O6/c1-4-6-11-26-21-20(25(16-24-21)12-13-31-3)22(29)27(23(26)30)14-17(28)15-33-19-9-7-18(8-10-19)32-5-2/h7-10,16-17,28H,4-6,11-15H2,1-3H3/t17-/m0/s1. The van der Waals surface area contributed by atoms with Crippen molar-refractivity contribution in [2.75, 3.05) is 26.9 Å². The summed E-state index contributed by atoms with van der Waals surface area (Å²) in [6, 6.07) is 7.03. The highest BCUT2D eigenvalue weighted by atomic mass is 16.5. The number of benzene rings is 1. The molecule has 1 atom stereocenters. The number of hydrogen-bond acceptors (Lipinski definition) is 7. The fraction of sp³-hybridized carbons (Fsp3) is 0.522. The van der Waals surface area contributed by atoms with Gasteiger partial charge in [-0.3, -0.25) is 13.9 Å². The van der Waals surface area contributed by atoms with Crippen molar-refractivity contribution in [3.05, 3.63) is 51.4 Å². The van der Waals surface area contributed by atoms with Crippen LogP contribution < -0.4 is 20.7 Å². The van der Waals surface area contributed by atoms with Crippen molar-refractivity contribution in [2.45, 2.75) is 52.4 Å². The van der Waals surface area contributed by atoms with Crippen LogP contribution in [-0.4, -0.2) is 56.8 Å². The molecule has 3 rings (SSSR count). The predicted molar refractivity (Wildman–Crippen MR) is 124 cm³/mol. The van der Waals surface area contributed by atoms with Crippen LogP contribution in [0.15, 0.2) is 40.2 Å². The highest BCUT2D eigenvalue weighted by Crippen LogP contribution is 2.17. The van der Waals surface area contributed by atoms with Gasteiger partial charge >= 0.3 is 5.69 Å². The van der Waals surface area contributed by atoms with Gasteiger partial charge in [0.05, 0.1) is 26.1 Å². The zero-order valence-electron chi connectivity index (χ0n) is 19.4. The highest BCUT2D eigenvalue weighted by molar-refractivity contribution is 5.70. The zero-order valence-corrected chi connectivity index (χ0v) is 19.4. The topological polar surface area (TPSA) is 110 Å². The van der Waals surface area contributed by atoms with E-state index in [4.69, 9.17) is 14.2 Å². The molecule has 0 saturated heterocycles.